The second kappa shape index (κ2) is 5.47. The molecular formula is C13H13F3N4O. The summed E-state index contributed by atoms with van der Waals surface area (Å²) in [5.41, 5.74) is 5.26. The van der Waals surface area contributed by atoms with Gasteiger partial charge in [-0.3, -0.25) is 9.48 Å². The highest BCUT2D eigenvalue weighted by molar-refractivity contribution is 5.90. The van der Waals surface area contributed by atoms with Crippen molar-refractivity contribution in [3.05, 3.63) is 41.7 Å². The zero-order valence-electron chi connectivity index (χ0n) is 11.1. The van der Waals surface area contributed by atoms with E-state index in [0.717, 1.165) is 6.07 Å². The minimum atomic E-state index is -4.46. The standard InChI is InChI=1S/C13H13F3N4O/c1-8-2-3-10(4-11(8)13(14,15)16)19-12(21)7-20-6-9(17)5-18-20/h2-6H,7,17H2,1H3,(H,19,21). The number of hydrogen-bond donors (Lipinski definition) is 2. The van der Waals surface area contributed by atoms with Gasteiger partial charge in [0.25, 0.3) is 0 Å². The zero-order chi connectivity index (χ0) is 15.6. The molecule has 0 radical (unpaired) electrons. The molecule has 0 saturated carbocycles. The third kappa shape index (κ3) is 3.74. The predicted molar refractivity (Wildman–Crippen MR) is 71.5 cm³/mol. The van der Waals surface area contributed by atoms with Crippen LogP contribution in [-0.4, -0.2) is 15.7 Å². The van der Waals surface area contributed by atoms with Crippen LogP contribution < -0.4 is 11.1 Å². The SMILES string of the molecule is Cc1ccc(NC(=O)Cn2cc(N)cn2)cc1C(F)(F)F. The van der Waals surface area contributed by atoms with Crippen LogP contribution in [0, 0.1) is 6.92 Å². The molecular weight excluding hydrogens is 285 g/mol. The lowest BCUT2D eigenvalue weighted by molar-refractivity contribution is -0.138. The summed E-state index contributed by atoms with van der Waals surface area (Å²) in [6.45, 7) is 1.23. The molecule has 5 nitrogen and oxygen atoms in total. The van der Waals surface area contributed by atoms with Gasteiger partial charge in [0.15, 0.2) is 0 Å². The van der Waals surface area contributed by atoms with Gasteiger partial charge in [-0.15, -0.1) is 0 Å². The highest BCUT2D eigenvalue weighted by atomic mass is 19.4. The van der Waals surface area contributed by atoms with E-state index in [0.29, 0.717) is 5.69 Å². The van der Waals surface area contributed by atoms with Gasteiger partial charge in [-0.2, -0.15) is 18.3 Å². The highest BCUT2D eigenvalue weighted by Gasteiger charge is 2.32. The maximum absolute atomic E-state index is 12.8. The van der Waals surface area contributed by atoms with E-state index in [1.54, 1.807) is 0 Å². The first-order valence-corrected chi connectivity index (χ1v) is 6.01. The van der Waals surface area contributed by atoms with Crippen molar-refractivity contribution in [2.24, 2.45) is 0 Å². The summed E-state index contributed by atoms with van der Waals surface area (Å²) >= 11 is 0. The summed E-state index contributed by atoms with van der Waals surface area (Å²) in [6, 6.07) is 3.63. The van der Waals surface area contributed by atoms with Crippen molar-refractivity contribution in [1.82, 2.24) is 9.78 Å². The van der Waals surface area contributed by atoms with Crippen molar-refractivity contribution in [2.75, 3.05) is 11.1 Å². The first-order valence-electron chi connectivity index (χ1n) is 6.01. The highest BCUT2D eigenvalue weighted by Crippen LogP contribution is 2.33. The summed E-state index contributed by atoms with van der Waals surface area (Å²) in [5, 5.41) is 6.22. The molecule has 1 heterocycles. The molecule has 1 aromatic carbocycles. The van der Waals surface area contributed by atoms with E-state index in [9.17, 15) is 18.0 Å². The molecule has 0 aliphatic heterocycles. The van der Waals surface area contributed by atoms with Crippen molar-refractivity contribution in [2.45, 2.75) is 19.6 Å². The van der Waals surface area contributed by atoms with Crippen molar-refractivity contribution in [3.8, 4) is 0 Å². The number of aromatic nitrogens is 2. The van der Waals surface area contributed by atoms with E-state index in [-0.39, 0.29) is 17.8 Å². The Balaban J connectivity index is 2.11. The first kappa shape index (κ1) is 14.9. The molecule has 21 heavy (non-hydrogen) atoms. The lowest BCUT2D eigenvalue weighted by Gasteiger charge is -2.12. The molecule has 1 amide bonds. The Morgan fingerprint density at radius 1 is 1.43 bits per heavy atom. The van der Waals surface area contributed by atoms with Crippen molar-refractivity contribution in [1.29, 1.82) is 0 Å². The summed E-state index contributed by atoms with van der Waals surface area (Å²) in [5.74, 6) is -0.491. The number of halogens is 3. The number of benzene rings is 1. The third-order valence-corrected chi connectivity index (χ3v) is 2.79. The number of nitrogens with two attached hydrogens (primary N) is 1. The first-order chi connectivity index (χ1) is 9.75. The Morgan fingerprint density at radius 2 is 2.14 bits per heavy atom. The molecule has 0 unspecified atom stereocenters. The molecule has 0 fully saturated rings. The molecule has 0 bridgehead atoms. The Kier molecular flexibility index (Phi) is 3.88. The number of carbonyl (C=O) groups excluding carboxylic acids is 1. The minimum absolute atomic E-state index is 0.0815. The number of amides is 1. The molecule has 112 valence electrons. The molecule has 8 heteroatoms. The van der Waals surface area contributed by atoms with E-state index in [4.69, 9.17) is 5.73 Å². The number of nitrogen functional groups attached to an aromatic ring is 1. The van der Waals surface area contributed by atoms with Gasteiger partial charge in [0.1, 0.15) is 6.54 Å². The van der Waals surface area contributed by atoms with Crippen LogP contribution in [0.3, 0.4) is 0 Å². The third-order valence-electron chi connectivity index (χ3n) is 2.79. The summed E-state index contributed by atoms with van der Waals surface area (Å²) in [6.07, 6.45) is -1.63. The molecule has 0 atom stereocenters. The van der Waals surface area contributed by atoms with Gasteiger partial charge in [-0.05, 0) is 24.6 Å². The van der Waals surface area contributed by atoms with Crippen LogP contribution in [-0.2, 0) is 17.5 Å². The fraction of sp³-hybridized carbons (Fsp3) is 0.231. The number of nitrogens with zero attached hydrogens (tertiary/aromatic N) is 2. The zero-order valence-corrected chi connectivity index (χ0v) is 11.1. The summed E-state index contributed by atoms with van der Waals surface area (Å²) < 4.78 is 39.6. The number of hydrogen-bond acceptors (Lipinski definition) is 3. The number of aryl methyl sites for hydroxylation is 1. The van der Waals surface area contributed by atoms with Crippen LogP contribution in [0.2, 0.25) is 0 Å². The largest absolute Gasteiger partial charge is 0.416 e. The van der Waals surface area contributed by atoms with E-state index >= 15 is 0 Å². The van der Waals surface area contributed by atoms with Gasteiger partial charge in [-0.1, -0.05) is 6.07 Å². The normalized spacial score (nSPS) is 11.4. The smallest absolute Gasteiger partial charge is 0.396 e. The van der Waals surface area contributed by atoms with Crippen LogP contribution in [0.25, 0.3) is 0 Å². The number of alkyl halides is 3. The van der Waals surface area contributed by atoms with Crippen LogP contribution in [0.1, 0.15) is 11.1 Å². The quantitative estimate of drug-likeness (QED) is 0.914. The maximum atomic E-state index is 12.8. The number of nitrogens with one attached hydrogen (secondary N) is 1. The number of anilines is 2. The molecule has 2 aromatic rings. The van der Waals surface area contributed by atoms with Crippen molar-refractivity contribution >= 4 is 17.3 Å². The Bertz CT molecular complexity index is 664. The number of rotatable bonds is 3. The Hall–Kier alpha value is -2.51. The van der Waals surface area contributed by atoms with Crippen LogP contribution in [0.5, 0.6) is 0 Å². The Labute approximate surface area is 118 Å². The van der Waals surface area contributed by atoms with Crippen molar-refractivity contribution < 1.29 is 18.0 Å². The number of carbonyl (C=O) groups is 1. The van der Waals surface area contributed by atoms with Gasteiger partial charge in [0, 0.05) is 11.9 Å². The van der Waals surface area contributed by atoms with Gasteiger partial charge in [0.2, 0.25) is 5.91 Å². The van der Waals surface area contributed by atoms with Gasteiger partial charge >= 0.3 is 6.18 Å². The monoisotopic (exact) mass is 298 g/mol. The summed E-state index contributed by atoms with van der Waals surface area (Å²) in [7, 11) is 0. The Morgan fingerprint density at radius 3 is 2.71 bits per heavy atom. The van der Waals surface area contributed by atoms with Gasteiger partial charge in [-0.25, -0.2) is 0 Å². The topological polar surface area (TPSA) is 72.9 Å². The molecule has 0 spiro atoms. The van der Waals surface area contributed by atoms with Crippen LogP contribution >= 0.6 is 0 Å². The van der Waals surface area contributed by atoms with Crippen molar-refractivity contribution in [3.63, 3.8) is 0 Å². The molecule has 0 saturated heterocycles. The molecule has 2 rings (SSSR count). The van der Waals surface area contributed by atoms with E-state index in [1.165, 1.54) is 36.1 Å². The maximum Gasteiger partial charge on any atom is 0.416 e. The molecule has 3 N–H and O–H groups in total. The second-order valence-corrected chi connectivity index (χ2v) is 4.55. The van der Waals surface area contributed by atoms with Crippen LogP contribution in [0.15, 0.2) is 30.6 Å². The minimum Gasteiger partial charge on any atom is -0.396 e. The van der Waals surface area contributed by atoms with E-state index in [2.05, 4.69) is 10.4 Å². The average Bonchev–Trinajstić information content (AvgIpc) is 2.75. The van der Waals surface area contributed by atoms with Crippen LogP contribution in [0.4, 0.5) is 24.5 Å². The summed E-state index contributed by atoms with van der Waals surface area (Å²) in [4.78, 5) is 11.7. The fourth-order valence-electron chi connectivity index (χ4n) is 1.82. The second-order valence-electron chi connectivity index (χ2n) is 4.55. The fourth-order valence-corrected chi connectivity index (χ4v) is 1.82. The lowest BCUT2D eigenvalue weighted by Crippen LogP contribution is -2.19. The lowest BCUT2D eigenvalue weighted by atomic mass is 10.1. The van der Waals surface area contributed by atoms with E-state index < -0.39 is 17.6 Å². The molecule has 0 aliphatic rings. The average molecular weight is 298 g/mol. The van der Waals surface area contributed by atoms with Gasteiger partial charge in [0.05, 0.1) is 17.4 Å². The molecule has 0 aliphatic carbocycles. The molecule has 1 aromatic heterocycles. The van der Waals surface area contributed by atoms with Gasteiger partial charge < -0.3 is 11.1 Å². The predicted octanol–water partition coefficient (Wildman–Crippen LogP) is 2.43. The van der Waals surface area contributed by atoms with E-state index in [1.807, 2.05) is 0 Å².